The van der Waals surface area contributed by atoms with Gasteiger partial charge in [-0.3, -0.25) is 0 Å². The smallest absolute Gasteiger partial charge is 0.151 e. The van der Waals surface area contributed by atoms with Gasteiger partial charge in [-0.2, -0.15) is 10.5 Å². The lowest BCUT2D eigenvalue weighted by Gasteiger charge is -2.21. The summed E-state index contributed by atoms with van der Waals surface area (Å²) in [6.07, 6.45) is 0. The molecule has 0 heterocycles. The Bertz CT molecular complexity index is 719. The van der Waals surface area contributed by atoms with Crippen LogP contribution in [0.4, 0.5) is 20.2 Å². The van der Waals surface area contributed by atoms with E-state index in [1.807, 2.05) is 6.07 Å². The Balaban J connectivity index is 2.51. The fourth-order valence-electron chi connectivity index (χ4n) is 1.86. The number of benzene rings is 2. The molecule has 0 atom stereocenters. The molecule has 2 aromatic carbocycles. The summed E-state index contributed by atoms with van der Waals surface area (Å²) in [5, 5.41) is 17.5. The first-order chi connectivity index (χ1) is 9.56. The van der Waals surface area contributed by atoms with Crippen LogP contribution in [-0.4, -0.2) is 7.05 Å². The lowest BCUT2D eigenvalue weighted by Crippen LogP contribution is -2.13. The highest BCUT2D eigenvalue weighted by Crippen LogP contribution is 2.30. The minimum Gasteiger partial charge on any atom is -0.340 e. The number of anilines is 2. The van der Waals surface area contributed by atoms with Crippen LogP contribution >= 0.6 is 0 Å². The largest absolute Gasteiger partial charge is 0.340 e. The predicted octanol–water partition coefficient (Wildman–Crippen LogP) is 3.48. The highest BCUT2D eigenvalue weighted by molar-refractivity contribution is 5.65. The van der Waals surface area contributed by atoms with Gasteiger partial charge in [0, 0.05) is 12.7 Å². The van der Waals surface area contributed by atoms with Crippen molar-refractivity contribution >= 4 is 11.4 Å². The minimum absolute atomic E-state index is 0.0806. The number of rotatable bonds is 2. The average molecular weight is 269 g/mol. The van der Waals surface area contributed by atoms with Crippen LogP contribution in [0.25, 0.3) is 0 Å². The highest BCUT2D eigenvalue weighted by Gasteiger charge is 2.16. The molecule has 0 bridgehead atoms. The van der Waals surface area contributed by atoms with Crippen LogP contribution < -0.4 is 4.90 Å². The van der Waals surface area contributed by atoms with Gasteiger partial charge in [0.25, 0.3) is 0 Å². The third kappa shape index (κ3) is 2.43. The van der Waals surface area contributed by atoms with Crippen molar-refractivity contribution in [2.45, 2.75) is 0 Å². The van der Waals surface area contributed by atoms with Crippen LogP contribution in [0.3, 0.4) is 0 Å². The van der Waals surface area contributed by atoms with Crippen molar-refractivity contribution in [3.63, 3.8) is 0 Å². The molecule has 0 unspecified atom stereocenters. The fourth-order valence-corrected chi connectivity index (χ4v) is 1.86. The van der Waals surface area contributed by atoms with Crippen molar-refractivity contribution in [3.05, 3.63) is 59.2 Å². The molecule has 0 radical (unpaired) electrons. The van der Waals surface area contributed by atoms with Crippen LogP contribution in [0, 0.1) is 34.3 Å². The Kier molecular flexibility index (Phi) is 3.63. The third-order valence-corrected chi connectivity index (χ3v) is 2.84. The van der Waals surface area contributed by atoms with Crippen LogP contribution in [0.1, 0.15) is 11.1 Å². The van der Waals surface area contributed by atoms with Crippen molar-refractivity contribution in [2.75, 3.05) is 11.9 Å². The summed E-state index contributed by atoms with van der Waals surface area (Å²) in [4.78, 5) is 1.30. The summed E-state index contributed by atoms with van der Waals surface area (Å²) < 4.78 is 27.8. The Morgan fingerprint density at radius 2 is 1.55 bits per heavy atom. The maximum absolute atomic E-state index is 13.9. The van der Waals surface area contributed by atoms with Gasteiger partial charge in [-0.25, -0.2) is 8.78 Å². The molecular weight excluding hydrogens is 260 g/mol. The normalized spacial score (nSPS) is 9.65. The standard InChI is InChI=1S/C15H9F2N3/c1-20(12-4-2-3-10(5-12)8-18)15-13(16)6-11(9-19)7-14(15)17/h2-7H,1H3. The molecule has 0 fully saturated rings. The Morgan fingerprint density at radius 3 is 2.10 bits per heavy atom. The van der Waals surface area contributed by atoms with Crippen molar-refractivity contribution in [3.8, 4) is 12.1 Å². The second-order valence-corrected chi connectivity index (χ2v) is 4.12. The van der Waals surface area contributed by atoms with Gasteiger partial charge in [0.1, 0.15) is 5.69 Å². The molecule has 0 aliphatic heterocycles. The summed E-state index contributed by atoms with van der Waals surface area (Å²) in [6, 6.07) is 12.0. The summed E-state index contributed by atoms with van der Waals surface area (Å²) in [5.41, 5.74) is 0.525. The SMILES string of the molecule is CN(c1cccc(C#N)c1)c1c(F)cc(C#N)cc1F. The average Bonchev–Trinajstić information content (AvgIpc) is 2.46. The molecule has 0 saturated carbocycles. The van der Waals surface area contributed by atoms with E-state index in [4.69, 9.17) is 10.5 Å². The quantitative estimate of drug-likeness (QED) is 0.838. The van der Waals surface area contributed by atoms with E-state index in [2.05, 4.69) is 0 Å². The van der Waals surface area contributed by atoms with E-state index >= 15 is 0 Å². The maximum atomic E-state index is 13.9. The van der Waals surface area contributed by atoms with E-state index in [9.17, 15) is 8.78 Å². The number of hydrogen-bond donors (Lipinski definition) is 0. The van der Waals surface area contributed by atoms with Crippen molar-refractivity contribution in [2.24, 2.45) is 0 Å². The van der Waals surface area contributed by atoms with Crippen LogP contribution in [0.2, 0.25) is 0 Å². The second kappa shape index (κ2) is 5.38. The van der Waals surface area contributed by atoms with E-state index in [0.29, 0.717) is 11.3 Å². The van der Waals surface area contributed by atoms with Crippen LogP contribution in [0.15, 0.2) is 36.4 Å². The van der Waals surface area contributed by atoms with E-state index in [0.717, 1.165) is 12.1 Å². The van der Waals surface area contributed by atoms with Gasteiger partial charge < -0.3 is 4.90 Å². The first-order valence-corrected chi connectivity index (χ1v) is 5.70. The molecule has 2 aromatic rings. The number of nitriles is 2. The summed E-state index contributed by atoms with van der Waals surface area (Å²) in [5.74, 6) is -1.65. The molecule has 0 amide bonds. The van der Waals surface area contributed by atoms with E-state index in [1.54, 1.807) is 24.3 Å². The Morgan fingerprint density at radius 1 is 0.950 bits per heavy atom. The summed E-state index contributed by atoms with van der Waals surface area (Å²) in [7, 11) is 1.49. The molecule has 0 saturated heterocycles. The number of nitrogens with zero attached hydrogens (tertiary/aromatic N) is 3. The van der Waals surface area contributed by atoms with Gasteiger partial charge in [-0.15, -0.1) is 0 Å². The zero-order valence-electron chi connectivity index (χ0n) is 10.6. The zero-order valence-corrected chi connectivity index (χ0v) is 10.6. The highest BCUT2D eigenvalue weighted by atomic mass is 19.1. The molecule has 5 heteroatoms. The molecule has 20 heavy (non-hydrogen) atoms. The van der Waals surface area contributed by atoms with Crippen LogP contribution in [-0.2, 0) is 0 Å². The molecule has 0 aromatic heterocycles. The van der Waals surface area contributed by atoms with E-state index in [1.165, 1.54) is 18.0 Å². The van der Waals surface area contributed by atoms with Crippen molar-refractivity contribution < 1.29 is 8.78 Å². The lowest BCUT2D eigenvalue weighted by atomic mass is 10.1. The molecule has 0 aliphatic rings. The Labute approximate surface area is 114 Å². The molecular formula is C15H9F2N3. The van der Waals surface area contributed by atoms with Crippen molar-refractivity contribution in [1.82, 2.24) is 0 Å². The Hall–Kier alpha value is -2.92. The molecule has 0 N–H and O–H groups in total. The first kappa shape index (κ1) is 13.5. The minimum atomic E-state index is -0.827. The number of halogens is 2. The van der Waals surface area contributed by atoms with E-state index < -0.39 is 11.6 Å². The van der Waals surface area contributed by atoms with Gasteiger partial charge in [0.05, 0.1) is 23.3 Å². The lowest BCUT2D eigenvalue weighted by molar-refractivity contribution is 0.583. The second-order valence-electron chi connectivity index (χ2n) is 4.12. The predicted molar refractivity (Wildman–Crippen MR) is 70.3 cm³/mol. The summed E-state index contributed by atoms with van der Waals surface area (Å²) >= 11 is 0. The number of hydrogen-bond acceptors (Lipinski definition) is 3. The van der Waals surface area contributed by atoms with Gasteiger partial charge in [0.15, 0.2) is 11.6 Å². The van der Waals surface area contributed by atoms with Gasteiger partial charge in [0.2, 0.25) is 0 Å². The fraction of sp³-hybridized carbons (Fsp3) is 0.0667. The first-order valence-electron chi connectivity index (χ1n) is 5.70. The summed E-state index contributed by atoms with van der Waals surface area (Å²) in [6.45, 7) is 0. The molecule has 0 spiro atoms. The monoisotopic (exact) mass is 269 g/mol. The molecule has 98 valence electrons. The van der Waals surface area contributed by atoms with E-state index in [-0.39, 0.29) is 11.3 Å². The zero-order chi connectivity index (χ0) is 14.7. The van der Waals surface area contributed by atoms with Crippen molar-refractivity contribution in [1.29, 1.82) is 10.5 Å². The van der Waals surface area contributed by atoms with Gasteiger partial charge in [-0.05, 0) is 30.3 Å². The molecule has 0 aliphatic carbocycles. The van der Waals surface area contributed by atoms with Gasteiger partial charge >= 0.3 is 0 Å². The maximum Gasteiger partial charge on any atom is 0.151 e. The van der Waals surface area contributed by atoms with Gasteiger partial charge in [-0.1, -0.05) is 6.07 Å². The third-order valence-electron chi connectivity index (χ3n) is 2.84. The molecule has 3 nitrogen and oxygen atoms in total. The van der Waals surface area contributed by atoms with Crippen LogP contribution in [0.5, 0.6) is 0 Å². The molecule has 2 rings (SSSR count). The topological polar surface area (TPSA) is 50.8 Å².